The van der Waals surface area contributed by atoms with E-state index in [9.17, 15) is 4.79 Å². The molecule has 0 aliphatic heterocycles. The number of amides is 1. The molecule has 0 unspecified atom stereocenters. The summed E-state index contributed by atoms with van der Waals surface area (Å²) in [6, 6.07) is 3.91. The highest BCUT2D eigenvalue weighted by molar-refractivity contribution is 5.67. The number of hydrogen-bond acceptors (Lipinski definition) is 3. The van der Waals surface area contributed by atoms with Gasteiger partial charge in [0, 0.05) is 24.4 Å². The second-order valence-electron chi connectivity index (χ2n) is 5.98. The van der Waals surface area contributed by atoms with Crippen molar-refractivity contribution >= 4 is 6.09 Å². The second kappa shape index (κ2) is 5.38. The summed E-state index contributed by atoms with van der Waals surface area (Å²) in [7, 11) is 0. The van der Waals surface area contributed by atoms with Gasteiger partial charge in [0.15, 0.2) is 0 Å². The average molecular weight is 250 g/mol. The number of pyridine rings is 1. The van der Waals surface area contributed by atoms with E-state index in [1.807, 2.05) is 32.9 Å². The van der Waals surface area contributed by atoms with E-state index in [4.69, 9.17) is 4.74 Å². The number of aromatic nitrogens is 1. The van der Waals surface area contributed by atoms with Crippen LogP contribution < -0.4 is 5.32 Å². The van der Waals surface area contributed by atoms with Gasteiger partial charge in [-0.3, -0.25) is 4.98 Å². The molecule has 0 fully saturated rings. The fraction of sp³-hybridized carbons (Fsp3) is 0.571. The van der Waals surface area contributed by atoms with E-state index in [1.54, 1.807) is 12.4 Å². The van der Waals surface area contributed by atoms with Crippen molar-refractivity contribution < 1.29 is 9.53 Å². The topological polar surface area (TPSA) is 51.2 Å². The lowest BCUT2D eigenvalue weighted by molar-refractivity contribution is 0.0517. The lowest BCUT2D eigenvalue weighted by Crippen LogP contribution is -2.39. The molecule has 0 saturated heterocycles. The Labute approximate surface area is 109 Å². The van der Waals surface area contributed by atoms with Crippen molar-refractivity contribution in [3.63, 3.8) is 0 Å². The number of nitrogens with one attached hydrogen (secondary N) is 1. The van der Waals surface area contributed by atoms with Gasteiger partial charge >= 0.3 is 6.09 Å². The predicted octanol–water partition coefficient (Wildman–Crippen LogP) is 2.88. The normalized spacial score (nSPS) is 12.1. The molecule has 0 aliphatic rings. The van der Waals surface area contributed by atoms with E-state index in [0.29, 0.717) is 6.54 Å². The van der Waals surface area contributed by atoms with Gasteiger partial charge in [-0.25, -0.2) is 4.79 Å². The number of hydrogen-bond donors (Lipinski definition) is 1. The number of nitrogens with zero attached hydrogens (tertiary/aromatic N) is 1. The number of carbonyl (C=O) groups excluding carboxylic acids is 1. The molecule has 1 amide bonds. The van der Waals surface area contributed by atoms with E-state index in [0.717, 1.165) is 5.56 Å². The Kier molecular flexibility index (Phi) is 4.33. The van der Waals surface area contributed by atoms with Crippen LogP contribution in [-0.2, 0) is 10.2 Å². The molecule has 0 aliphatic carbocycles. The Morgan fingerprint density at radius 3 is 2.28 bits per heavy atom. The minimum absolute atomic E-state index is 0.153. The third-order valence-corrected chi connectivity index (χ3v) is 2.54. The summed E-state index contributed by atoms with van der Waals surface area (Å²) in [6.07, 6.45) is 3.12. The average Bonchev–Trinajstić information content (AvgIpc) is 2.26. The van der Waals surface area contributed by atoms with Gasteiger partial charge in [-0.2, -0.15) is 0 Å². The molecule has 1 rings (SSSR count). The number of alkyl carbamates (subject to hydrolysis) is 1. The van der Waals surface area contributed by atoms with Crippen molar-refractivity contribution in [3.05, 3.63) is 30.1 Å². The van der Waals surface area contributed by atoms with Gasteiger partial charge in [-0.15, -0.1) is 0 Å². The monoisotopic (exact) mass is 250 g/mol. The molecule has 1 aromatic heterocycles. The molecule has 0 radical (unpaired) electrons. The maximum Gasteiger partial charge on any atom is 0.407 e. The first-order valence-electron chi connectivity index (χ1n) is 6.08. The SMILES string of the molecule is CC(C)(C)OC(=O)NCC(C)(C)c1ccncc1. The van der Waals surface area contributed by atoms with Gasteiger partial charge in [0.05, 0.1) is 0 Å². The molecular weight excluding hydrogens is 228 g/mol. The van der Waals surface area contributed by atoms with Gasteiger partial charge < -0.3 is 10.1 Å². The number of ether oxygens (including phenoxy) is 1. The summed E-state index contributed by atoms with van der Waals surface area (Å²) in [5.74, 6) is 0. The molecule has 0 bridgehead atoms. The van der Waals surface area contributed by atoms with Gasteiger partial charge in [0.2, 0.25) is 0 Å². The maximum atomic E-state index is 11.6. The zero-order valence-electron chi connectivity index (χ0n) is 11.8. The van der Waals surface area contributed by atoms with Crippen LogP contribution in [0.4, 0.5) is 4.79 Å². The number of rotatable bonds is 3. The Hall–Kier alpha value is -1.58. The van der Waals surface area contributed by atoms with Crippen molar-refractivity contribution in [1.82, 2.24) is 10.3 Å². The Morgan fingerprint density at radius 1 is 1.22 bits per heavy atom. The highest BCUT2D eigenvalue weighted by atomic mass is 16.6. The molecule has 1 N–H and O–H groups in total. The van der Waals surface area contributed by atoms with Gasteiger partial charge in [0.1, 0.15) is 5.60 Å². The van der Waals surface area contributed by atoms with Crippen LogP contribution in [0.15, 0.2) is 24.5 Å². The first-order valence-corrected chi connectivity index (χ1v) is 6.08. The molecule has 18 heavy (non-hydrogen) atoms. The molecule has 0 atom stereocenters. The Bertz CT molecular complexity index is 394. The largest absolute Gasteiger partial charge is 0.444 e. The third-order valence-electron chi connectivity index (χ3n) is 2.54. The second-order valence-corrected chi connectivity index (χ2v) is 5.98. The molecule has 0 spiro atoms. The molecule has 4 nitrogen and oxygen atoms in total. The molecule has 1 heterocycles. The first-order chi connectivity index (χ1) is 8.21. The lowest BCUT2D eigenvalue weighted by atomic mass is 9.85. The van der Waals surface area contributed by atoms with Gasteiger partial charge in [-0.1, -0.05) is 13.8 Å². The van der Waals surface area contributed by atoms with Crippen LogP contribution in [0.3, 0.4) is 0 Å². The number of carbonyl (C=O) groups is 1. The van der Waals surface area contributed by atoms with Gasteiger partial charge in [0.25, 0.3) is 0 Å². The van der Waals surface area contributed by atoms with E-state index in [2.05, 4.69) is 24.1 Å². The molecular formula is C14H22N2O2. The van der Waals surface area contributed by atoms with Crippen LogP contribution >= 0.6 is 0 Å². The quantitative estimate of drug-likeness (QED) is 0.897. The van der Waals surface area contributed by atoms with Crippen molar-refractivity contribution in [2.24, 2.45) is 0 Å². The maximum absolute atomic E-state index is 11.6. The predicted molar refractivity (Wildman–Crippen MR) is 71.5 cm³/mol. The van der Waals surface area contributed by atoms with Crippen molar-refractivity contribution in [3.8, 4) is 0 Å². The van der Waals surface area contributed by atoms with Gasteiger partial charge in [-0.05, 0) is 38.5 Å². The summed E-state index contributed by atoms with van der Waals surface area (Å²) in [5, 5.41) is 2.80. The molecule has 100 valence electrons. The van der Waals surface area contributed by atoms with E-state index >= 15 is 0 Å². The van der Waals surface area contributed by atoms with Crippen molar-refractivity contribution in [2.45, 2.75) is 45.6 Å². The zero-order valence-corrected chi connectivity index (χ0v) is 11.8. The minimum atomic E-state index is -0.467. The fourth-order valence-corrected chi connectivity index (χ4v) is 1.51. The van der Waals surface area contributed by atoms with Crippen molar-refractivity contribution in [1.29, 1.82) is 0 Å². The molecule has 0 aromatic carbocycles. The summed E-state index contributed by atoms with van der Waals surface area (Å²) < 4.78 is 5.21. The van der Waals surface area contributed by atoms with Crippen LogP contribution in [0.5, 0.6) is 0 Å². The first kappa shape index (κ1) is 14.5. The molecule has 4 heteroatoms. The highest BCUT2D eigenvalue weighted by Crippen LogP contribution is 2.21. The van der Waals surface area contributed by atoms with Crippen LogP contribution in [0, 0.1) is 0 Å². The lowest BCUT2D eigenvalue weighted by Gasteiger charge is -2.27. The molecule has 1 aromatic rings. The fourth-order valence-electron chi connectivity index (χ4n) is 1.51. The minimum Gasteiger partial charge on any atom is -0.444 e. The van der Waals surface area contributed by atoms with Crippen LogP contribution in [0.1, 0.15) is 40.2 Å². The van der Waals surface area contributed by atoms with E-state index in [1.165, 1.54) is 0 Å². The standard InChI is InChI=1S/C14H22N2O2/c1-13(2,3)18-12(17)16-10-14(4,5)11-6-8-15-9-7-11/h6-9H,10H2,1-5H3,(H,16,17). The van der Waals surface area contributed by atoms with E-state index < -0.39 is 5.60 Å². The summed E-state index contributed by atoms with van der Waals surface area (Å²) in [5.41, 5.74) is 0.513. The smallest absolute Gasteiger partial charge is 0.407 e. The van der Waals surface area contributed by atoms with Crippen molar-refractivity contribution in [2.75, 3.05) is 6.54 Å². The third kappa shape index (κ3) is 4.73. The van der Waals surface area contributed by atoms with Crippen LogP contribution in [0.25, 0.3) is 0 Å². The Morgan fingerprint density at radius 2 is 1.78 bits per heavy atom. The Balaban J connectivity index is 2.55. The summed E-state index contributed by atoms with van der Waals surface area (Å²) in [6.45, 7) is 10.2. The van der Waals surface area contributed by atoms with Crippen LogP contribution in [0.2, 0.25) is 0 Å². The summed E-state index contributed by atoms with van der Waals surface area (Å²) >= 11 is 0. The molecule has 0 saturated carbocycles. The van der Waals surface area contributed by atoms with E-state index in [-0.39, 0.29) is 11.5 Å². The van der Waals surface area contributed by atoms with Crippen LogP contribution in [-0.4, -0.2) is 23.2 Å². The zero-order chi connectivity index (χ0) is 13.8. The highest BCUT2D eigenvalue weighted by Gasteiger charge is 2.23. The summed E-state index contributed by atoms with van der Waals surface area (Å²) in [4.78, 5) is 15.6.